The van der Waals surface area contributed by atoms with Crippen molar-refractivity contribution in [3.63, 3.8) is 0 Å². The molecule has 1 aromatic carbocycles. The molecule has 0 aliphatic carbocycles. The van der Waals surface area contributed by atoms with Crippen LogP contribution in [-0.2, 0) is 0 Å². The summed E-state index contributed by atoms with van der Waals surface area (Å²) < 4.78 is 5.11. The number of carbonyl (C=O) groups is 1. The van der Waals surface area contributed by atoms with Crippen molar-refractivity contribution >= 4 is 11.6 Å². The van der Waals surface area contributed by atoms with Crippen LogP contribution in [0.4, 0.5) is 5.69 Å². The number of anilines is 1. The Morgan fingerprint density at radius 1 is 1.42 bits per heavy atom. The Kier molecular flexibility index (Phi) is 4.81. The molecule has 4 nitrogen and oxygen atoms in total. The molecule has 0 atom stereocenters. The lowest BCUT2D eigenvalue weighted by Crippen LogP contribution is -2.36. The zero-order valence-corrected chi connectivity index (χ0v) is 12.4. The van der Waals surface area contributed by atoms with E-state index in [4.69, 9.17) is 10.5 Å². The maximum atomic E-state index is 12.1. The Labute approximate surface area is 115 Å². The Hall–Kier alpha value is -1.71. The van der Waals surface area contributed by atoms with Gasteiger partial charge in [0.05, 0.1) is 12.8 Å². The van der Waals surface area contributed by atoms with E-state index in [2.05, 4.69) is 33.0 Å². The van der Waals surface area contributed by atoms with Crippen LogP contribution in [0.25, 0.3) is 0 Å². The maximum absolute atomic E-state index is 12.1. The number of nitrogens with two attached hydrogens (primary N) is 1. The molecule has 0 fully saturated rings. The van der Waals surface area contributed by atoms with Gasteiger partial charge in [-0.15, -0.1) is 0 Å². The van der Waals surface area contributed by atoms with E-state index in [0.29, 0.717) is 29.5 Å². The van der Waals surface area contributed by atoms with Crippen LogP contribution in [0, 0.1) is 11.3 Å². The van der Waals surface area contributed by atoms with Crippen LogP contribution in [0.1, 0.15) is 38.1 Å². The molecule has 0 heterocycles. The van der Waals surface area contributed by atoms with Crippen LogP contribution < -0.4 is 15.8 Å². The first-order valence-corrected chi connectivity index (χ1v) is 6.49. The van der Waals surface area contributed by atoms with Crippen molar-refractivity contribution in [3.05, 3.63) is 23.8 Å². The van der Waals surface area contributed by atoms with Crippen molar-refractivity contribution < 1.29 is 9.53 Å². The molecular weight excluding hydrogens is 240 g/mol. The first-order valence-electron chi connectivity index (χ1n) is 6.49. The van der Waals surface area contributed by atoms with E-state index in [1.807, 2.05) is 0 Å². The minimum absolute atomic E-state index is 0.0631. The monoisotopic (exact) mass is 264 g/mol. The normalized spacial score (nSPS) is 11.5. The van der Waals surface area contributed by atoms with Gasteiger partial charge in [-0.25, -0.2) is 0 Å². The Morgan fingerprint density at radius 2 is 2.05 bits per heavy atom. The third kappa shape index (κ3) is 3.88. The Balaban J connectivity index is 2.74. The van der Waals surface area contributed by atoms with E-state index in [-0.39, 0.29) is 11.3 Å². The molecule has 19 heavy (non-hydrogen) atoms. The molecule has 0 radical (unpaired) electrons. The molecule has 1 rings (SSSR count). The van der Waals surface area contributed by atoms with Crippen LogP contribution in [0.5, 0.6) is 5.75 Å². The summed E-state index contributed by atoms with van der Waals surface area (Å²) in [6.45, 7) is 9.22. The third-order valence-electron chi connectivity index (χ3n) is 3.76. The number of hydrogen-bond donors (Lipinski definition) is 2. The standard InChI is InChI=1S/C15H24N2O2/c1-10(2)15(3,4)9-17-14(18)11-6-7-12(16)13(8-11)19-5/h6-8,10H,9,16H2,1-5H3,(H,17,18). The smallest absolute Gasteiger partial charge is 0.251 e. The first kappa shape index (κ1) is 15.3. The first-order chi connectivity index (χ1) is 8.77. The van der Waals surface area contributed by atoms with Gasteiger partial charge in [-0.05, 0) is 29.5 Å². The Morgan fingerprint density at radius 3 is 2.58 bits per heavy atom. The number of methoxy groups -OCH3 is 1. The van der Waals surface area contributed by atoms with Crippen LogP contribution in [0.2, 0.25) is 0 Å². The van der Waals surface area contributed by atoms with E-state index in [9.17, 15) is 4.79 Å². The summed E-state index contributed by atoms with van der Waals surface area (Å²) in [4.78, 5) is 12.1. The molecular formula is C15H24N2O2. The summed E-state index contributed by atoms with van der Waals surface area (Å²) >= 11 is 0. The van der Waals surface area contributed by atoms with E-state index in [1.54, 1.807) is 18.2 Å². The minimum Gasteiger partial charge on any atom is -0.495 e. The van der Waals surface area contributed by atoms with Crippen molar-refractivity contribution in [2.45, 2.75) is 27.7 Å². The average molecular weight is 264 g/mol. The van der Waals surface area contributed by atoms with E-state index in [1.165, 1.54) is 7.11 Å². The molecule has 0 spiro atoms. The summed E-state index contributed by atoms with van der Waals surface area (Å²) in [7, 11) is 1.54. The molecule has 106 valence electrons. The highest BCUT2D eigenvalue weighted by atomic mass is 16.5. The second kappa shape index (κ2) is 5.95. The number of ether oxygens (including phenoxy) is 1. The van der Waals surface area contributed by atoms with Gasteiger partial charge in [0.1, 0.15) is 5.75 Å². The van der Waals surface area contributed by atoms with Crippen molar-refractivity contribution in [3.8, 4) is 5.75 Å². The molecule has 0 aliphatic heterocycles. The number of rotatable bonds is 5. The molecule has 0 aromatic heterocycles. The predicted molar refractivity (Wildman–Crippen MR) is 78.4 cm³/mol. The maximum Gasteiger partial charge on any atom is 0.251 e. The number of carbonyl (C=O) groups excluding carboxylic acids is 1. The largest absolute Gasteiger partial charge is 0.495 e. The van der Waals surface area contributed by atoms with Crippen molar-refractivity contribution in [2.75, 3.05) is 19.4 Å². The SMILES string of the molecule is COc1cc(C(=O)NCC(C)(C)C(C)C)ccc1N. The summed E-state index contributed by atoms with van der Waals surface area (Å²) in [5.41, 5.74) is 6.88. The molecule has 0 unspecified atom stereocenters. The number of benzene rings is 1. The quantitative estimate of drug-likeness (QED) is 0.804. The van der Waals surface area contributed by atoms with Gasteiger partial charge in [-0.2, -0.15) is 0 Å². The van der Waals surface area contributed by atoms with Gasteiger partial charge in [0.25, 0.3) is 5.91 Å². The Bertz CT molecular complexity index is 453. The van der Waals surface area contributed by atoms with Gasteiger partial charge >= 0.3 is 0 Å². The van der Waals surface area contributed by atoms with Crippen molar-refractivity contribution in [1.82, 2.24) is 5.32 Å². The zero-order chi connectivity index (χ0) is 14.6. The molecule has 3 N–H and O–H groups in total. The number of nitrogen functional groups attached to an aromatic ring is 1. The lowest BCUT2D eigenvalue weighted by Gasteiger charge is -2.29. The summed E-state index contributed by atoms with van der Waals surface area (Å²) in [6.07, 6.45) is 0. The average Bonchev–Trinajstić information content (AvgIpc) is 2.36. The molecule has 0 saturated carbocycles. The number of amides is 1. The van der Waals surface area contributed by atoms with Gasteiger partial charge in [0.15, 0.2) is 0 Å². The molecule has 4 heteroatoms. The van der Waals surface area contributed by atoms with Crippen molar-refractivity contribution in [2.24, 2.45) is 11.3 Å². The molecule has 1 amide bonds. The van der Waals surface area contributed by atoms with Gasteiger partial charge in [0.2, 0.25) is 0 Å². The minimum atomic E-state index is -0.105. The fourth-order valence-electron chi connectivity index (χ4n) is 1.47. The topological polar surface area (TPSA) is 64.3 Å². The van der Waals surface area contributed by atoms with Crippen LogP contribution >= 0.6 is 0 Å². The van der Waals surface area contributed by atoms with Gasteiger partial charge < -0.3 is 15.8 Å². The van der Waals surface area contributed by atoms with Crippen molar-refractivity contribution in [1.29, 1.82) is 0 Å². The lowest BCUT2D eigenvalue weighted by atomic mass is 9.81. The van der Waals surface area contributed by atoms with Gasteiger partial charge in [-0.1, -0.05) is 27.7 Å². The van der Waals surface area contributed by atoms with Gasteiger partial charge in [0, 0.05) is 12.1 Å². The number of hydrogen-bond acceptors (Lipinski definition) is 3. The molecule has 0 saturated heterocycles. The fourth-order valence-corrected chi connectivity index (χ4v) is 1.47. The van der Waals surface area contributed by atoms with Crippen LogP contribution in [0.3, 0.4) is 0 Å². The van der Waals surface area contributed by atoms with E-state index >= 15 is 0 Å². The lowest BCUT2D eigenvalue weighted by molar-refractivity contribution is 0.0924. The number of nitrogens with one attached hydrogen (secondary N) is 1. The van der Waals surface area contributed by atoms with Crippen LogP contribution in [-0.4, -0.2) is 19.6 Å². The molecule has 1 aromatic rings. The van der Waals surface area contributed by atoms with E-state index in [0.717, 1.165) is 0 Å². The zero-order valence-electron chi connectivity index (χ0n) is 12.4. The second-order valence-corrected chi connectivity index (χ2v) is 5.78. The second-order valence-electron chi connectivity index (χ2n) is 5.78. The van der Waals surface area contributed by atoms with Gasteiger partial charge in [-0.3, -0.25) is 4.79 Å². The predicted octanol–water partition coefficient (Wildman–Crippen LogP) is 2.69. The highest BCUT2D eigenvalue weighted by Gasteiger charge is 2.23. The fraction of sp³-hybridized carbons (Fsp3) is 0.533. The molecule has 0 bridgehead atoms. The summed E-state index contributed by atoms with van der Waals surface area (Å²) in [5, 5.41) is 2.96. The highest BCUT2D eigenvalue weighted by Crippen LogP contribution is 2.25. The third-order valence-corrected chi connectivity index (χ3v) is 3.76. The van der Waals surface area contributed by atoms with E-state index < -0.39 is 0 Å². The van der Waals surface area contributed by atoms with Crippen LogP contribution in [0.15, 0.2) is 18.2 Å². The highest BCUT2D eigenvalue weighted by molar-refractivity contribution is 5.95. The molecule has 0 aliphatic rings. The summed E-state index contributed by atoms with van der Waals surface area (Å²) in [6, 6.07) is 5.05. The summed E-state index contributed by atoms with van der Waals surface area (Å²) in [5.74, 6) is 0.913.